The van der Waals surface area contributed by atoms with E-state index in [0.717, 1.165) is 24.1 Å². The fraction of sp³-hybridized carbons (Fsp3) is 0.562. The van der Waals surface area contributed by atoms with Gasteiger partial charge in [-0.2, -0.15) is 0 Å². The molecule has 0 radical (unpaired) electrons. The van der Waals surface area contributed by atoms with E-state index in [0.29, 0.717) is 0 Å². The van der Waals surface area contributed by atoms with Gasteiger partial charge in [-0.05, 0) is 31.9 Å². The van der Waals surface area contributed by atoms with Crippen molar-refractivity contribution < 1.29 is 4.79 Å². The lowest BCUT2D eigenvalue weighted by atomic mass is 10.2. The fourth-order valence-corrected chi connectivity index (χ4v) is 1.60. The van der Waals surface area contributed by atoms with Crippen LogP contribution in [0.4, 0.5) is 10.5 Å². The molecular formula is C16H28N2O. The van der Waals surface area contributed by atoms with Gasteiger partial charge in [-0.15, -0.1) is 0 Å². The number of carbonyl (C=O) groups is 1. The molecule has 1 aromatic carbocycles. The molecule has 2 N–H and O–H groups in total. The summed E-state index contributed by atoms with van der Waals surface area (Å²) in [5.74, 6) is 0. The van der Waals surface area contributed by atoms with Gasteiger partial charge in [-0.3, -0.25) is 0 Å². The second-order valence-electron chi connectivity index (χ2n) is 4.81. The third-order valence-corrected chi connectivity index (χ3v) is 2.49. The average molecular weight is 264 g/mol. The summed E-state index contributed by atoms with van der Waals surface area (Å²) in [5.41, 5.74) is 1.93. The molecule has 1 unspecified atom stereocenters. The van der Waals surface area contributed by atoms with Gasteiger partial charge < -0.3 is 10.6 Å². The maximum Gasteiger partial charge on any atom is 0.319 e. The molecule has 0 bridgehead atoms. The van der Waals surface area contributed by atoms with E-state index in [4.69, 9.17) is 0 Å². The van der Waals surface area contributed by atoms with Crippen LogP contribution in [0.3, 0.4) is 0 Å². The number of aryl methyl sites for hydroxylation is 1. The minimum atomic E-state index is -0.129. The quantitative estimate of drug-likeness (QED) is 0.811. The number of hydrogen-bond donors (Lipinski definition) is 2. The van der Waals surface area contributed by atoms with Gasteiger partial charge in [-0.1, -0.05) is 51.8 Å². The number of benzene rings is 1. The summed E-state index contributed by atoms with van der Waals surface area (Å²) in [6.45, 7) is 10.4. The highest BCUT2D eigenvalue weighted by atomic mass is 16.2. The lowest BCUT2D eigenvalue weighted by Gasteiger charge is -2.14. The minimum absolute atomic E-state index is 0.129. The molecule has 0 saturated heterocycles. The van der Waals surface area contributed by atoms with Crippen LogP contribution in [0.5, 0.6) is 0 Å². The average Bonchev–Trinajstić information content (AvgIpc) is 2.33. The van der Waals surface area contributed by atoms with Crippen LogP contribution in [0.2, 0.25) is 0 Å². The zero-order valence-corrected chi connectivity index (χ0v) is 12.9. The molecule has 0 aliphatic heterocycles. The Labute approximate surface area is 117 Å². The molecule has 0 aliphatic carbocycles. The van der Waals surface area contributed by atoms with Crippen LogP contribution < -0.4 is 10.6 Å². The standard InChI is InChI=1S/C13H20N2O.C3H8/c1-4-7-11(3)14-13(16)15-12-9-6-5-8-10(12)2;1-3-2/h5-6,8-9,11H,4,7H2,1-3H3,(H2,14,15,16);3H2,1-2H3. The second-order valence-corrected chi connectivity index (χ2v) is 4.81. The molecule has 0 aromatic heterocycles. The zero-order chi connectivity index (χ0) is 14.7. The number of hydrogen-bond acceptors (Lipinski definition) is 1. The van der Waals surface area contributed by atoms with E-state index in [1.54, 1.807) is 0 Å². The molecule has 3 nitrogen and oxygen atoms in total. The number of anilines is 1. The second kappa shape index (κ2) is 10.4. The summed E-state index contributed by atoms with van der Waals surface area (Å²) < 4.78 is 0. The molecule has 1 atom stereocenters. The summed E-state index contributed by atoms with van der Waals surface area (Å²) >= 11 is 0. The number of urea groups is 1. The molecule has 3 heteroatoms. The maximum atomic E-state index is 11.6. The normalized spacial score (nSPS) is 11.0. The van der Waals surface area contributed by atoms with E-state index < -0.39 is 0 Å². The molecule has 0 saturated carbocycles. The first-order chi connectivity index (χ1) is 9.04. The molecule has 0 heterocycles. The van der Waals surface area contributed by atoms with Crippen LogP contribution >= 0.6 is 0 Å². The van der Waals surface area contributed by atoms with Gasteiger partial charge >= 0.3 is 6.03 Å². The van der Waals surface area contributed by atoms with Crippen LogP contribution in [0.25, 0.3) is 0 Å². The van der Waals surface area contributed by atoms with Gasteiger partial charge in [0.2, 0.25) is 0 Å². The first-order valence-electron chi connectivity index (χ1n) is 7.18. The molecule has 0 aliphatic rings. The Morgan fingerprint density at radius 2 is 1.79 bits per heavy atom. The first kappa shape index (κ1) is 17.5. The molecule has 108 valence electrons. The molecule has 19 heavy (non-hydrogen) atoms. The fourth-order valence-electron chi connectivity index (χ4n) is 1.60. The highest BCUT2D eigenvalue weighted by Crippen LogP contribution is 2.12. The van der Waals surface area contributed by atoms with Crippen LogP contribution in [0.1, 0.15) is 52.5 Å². The number of nitrogens with one attached hydrogen (secondary N) is 2. The van der Waals surface area contributed by atoms with Crippen molar-refractivity contribution in [2.45, 2.75) is 59.9 Å². The van der Waals surface area contributed by atoms with Crippen molar-refractivity contribution in [3.8, 4) is 0 Å². The van der Waals surface area contributed by atoms with Crippen molar-refractivity contribution in [2.75, 3.05) is 5.32 Å². The van der Waals surface area contributed by atoms with Gasteiger partial charge in [0.1, 0.15) is 0 Å². The predicted molar refractivity (Wildman–Crippen MR) is 83.7 cm³/mol. The highest BCUT2D eigenvalue weighted by Gasteiger charge is 2.06. The smallest absolute Gasteiger partial charge is 0.319 e. The summed E-state index contributed by atoms with van der Waals surface area (Å²) in [7, 11) is 0. The van der Waals surface area contributed by atoms with Crippen molar-refractivity contribution >= 4 is 11.7 Å². The Balaban J connectivity index is 0.000000982. The largest absolute Gasteiger partial charge is 0.335 e. The van der Waals surface area contributed by atoms with E-state index in [9.17, 15) is 4.79 Å². The van der Waals surface area contributed by atoms with Crippen LogP contribution in [-0.2, 0) is 0 Å². The number of rotatable bonds is 4. The van der Waals surface area contributed by atoms with E-state index in [2.05, 4.69) is 31.4 Å². The minimum Gasteiger partial charge on any atom is -0.335 e. The lowest BCUT2D eigenvalue weighted by molar-refractivity contribution is 0.248. The lowest BCUT2D eigenvalue weighted by Crippen LogP contribution is -2.36. The molecule has 0 fully saturated rings. The first-order valence-corrected chi connectivity index (χ1v) is 7.18. The van der Waals surface area contributed by atoms with Gasteiger partial charge in [0.05, 0.1) is 0 Å². The number of amides is 2. The maximum absolute atomic E-state index is 11.6. The molecule has 0 spiro atoms. The Bertz CT molecular complexity index is 364. The van der Waals surface area contributed by atoms with Gasteiger partial charge in [0, 0.05) is 11.7 Å². The Morgan fingerprint density at radius 1 is 1.21 bits per heavy atom. The Hall–Kier alpha value is -1.51. The monoisotopic (exact) mass is 264 g/mol. The van der Waals surface area contributed by atoms with Crippen LogP contribution in [0.15, 0.2) is 24.3 Å². The van der Waals surface area contributed by atoms with E-state index >= 15 is 0 Å². The molecular weight excluding hydrogens is 236 g/mol. The van der Waals surface area contributed by atoms with Gasteiger partial charge in [0.25, 0.3) is 0 Å². The van der Waals surface area contributed by atoms with Crippen molar-refractivity contribution in [2.24, 2.45) is 0 Å². The van der Waals surface area contributed by atoms with E-state index in [-0.39, 0.29) is 12.1 Å². The van der Waals surface area contributed by atoms with Gasteiger partial charge in [0.15, 0.2) is 0 Å². The van der Waals surface area contributed by atoms with Crippen molar-refractivity contribution in [1.82, 2.24) is 5.32 Å². The Morgan fingerprint density at radius 3 is 2.32 bits per heavy atom. The molecule has 1 aromatic rings. The van der Waals surface area contributed by atoms with E-state index in [1.165, 1.54) is 6.42 Å². The summed E-state index contributed by atoms with van der Waals surface area (Å²) in [5, 5.41) is 5.76. The van der Waals surface area contributed by atoms with Crippen molar-refractivity contribution in [1.29, 1.82) is 0 Å². The molecule has 1 rings (SSSR count). The SMILES string of the molecule is CCC.CCCC(C)NC(=O)Nc1ccccc1C. The van der Waals surface area contributed by atoms with Crippen molar-refractivity contribution in [3.05, 3.63) is 29.8 Å². The third kappa shape index (κ3) is 8.25. The molecule has 2 amide bonds. The Kier molecular flexibility index (Phi) is 9.59. The summed E-state index contributed by atoms with van der Waals surface area (Å²) in [6, 6.07) is 7.84. The van der Waals surface area contributed by atoms with Crippen molar-refractivity contribution in [3.63, 3.8) is 0 Å². The number of para-hydroxylation sites is 1. The van der Waals surface area contributed by atoms with Gasteiger partial charge in [-0.25, -0.2) is 4.79 Å². The summed E-state index contributed by atoms with van der Waals surface area (Å²) in [6.07, 6.45) is 3.33. The third-order valence-electron chi connectivity index (χ3n) is 2.49. The van der Waals surface area contributed by atoms with E-state index in [1.807, 2.05) is 38.1 Å². The van der Waals surface area contributed by atoms with Crippen LogP contribution in [0, 0.1) is 6.92 Å². The zero-order valence-electron chi connectivity index (χ0n) is 12.9. The highest BCUT2D eigenvalue weighted by molar-refractivity contribution is 5.90. The topological polar surface area (TPSA) is 41.1 Å². The predicted octanol–water partition coefficient (Wildman–Crippen LogP) is 4.72. The van der Waals surface area contributed by atoms with Crippen LogP contribution in [-0.4, -0.2) is 12.1 Å². The summed E-state index contributed by atoms with van der Waals surface area (Å²) in [4.78, 5) is 11.6. The number of carbonyl (C=O) groups excluding carboxylic acids is 1.